The summed E-state index contributed by atoms with van der Waals surface area (Å²) >= 11 is 0. The van der Waals surface area contributed by atoms with Crippen LogP contribution in [-0.4, -0.2) is 31.9 Å². The molecule has 0 fully saturated rings. The maximum atomic E-state index is 14.4. The van der Waals surface area contributed by atoms with Gasteiger partial charge in [-0.3, -0.25) is 4.79 Å². The van der Waals surface area contributed by atoms with E-state index in [4.69, 9.17) is 4.74 Å². The number of carbonyl (C=O) groups is 1. The van der Waals surface area contributed by atoms with Crippen LogP contribution in [0.15, 0.2) is 17.0 Å². The number of aliphatic hydroxyl groups is 1. The maximum Gasteiger partial charge on any atom is 0.303 e. The van der Waals surface area contributed by atoms with Crippen LogP contribution in [0.3, 0.4) is 0 Å². The number of esters is 1. The van der Waals surface area contributed by atoms with Crippen molar-refractivity contribution < 1.29 is 27.4 Å². The monoisotopic (exact) mass is 344 g/mol. The van der Waals surface area contributed by atoms with Crippen molar-refractivity contribution >= 4 is 15.8 Å². The molecular weight excluding hydrogens is 323 g/mol. The van der Waals surface area contributed by atoms with Gasteiger partial charge in [-0.2, -0.15) is 0 Å². The van der Waals surface area contributed by atoms with Gasteiger partial charge < -0.3 is 9.84 Å². The normalized spacial score (nSPS) is 21.8. The highest BCUT2D eigenvalue weighted by Gasteiger charge is 2.41. The molecule has 0 heterocycles. The van der Waals surface area contributed by atoms with Crippen LogP contribution < -0.4 is 0 Å². The number of benzene rings is 1. The molecule has 0 saturated heterocycles. The van der Waals surface area contributed by atoms with Crippen LogP contribution in [0, 0.1) is 0 Å². The Morgan fingerprint density at radius 2 is 2.13 bits per heavy atom. The molecule has 23 heavy (non-hydrogen) atoms. The molecule has 128 valence electrons. The summed E-state index contributed by atoms with van der Waals surface area (Å²) in [5.74, 6) is -0.676. The first-order valence-corrected chi connectivity index (χ1v) is 9.41. The number of alkyl halides is 1. The Morgan fingerprint density at radius 3 is 2.65 bits per heavy atom. The highest BCUT2D eigenvalue weighted by Crippen LogP contribution is 2.43. The van der Waals surface area contributed by atoms with Crippen molar-refractivity contribution in [2.24, 2.45) is 0 Å². The molecule has 5 nitrogen and oxygen atoms in total. The van der Waals surface area contributed by atoms with E-state index >= 15 is 0 Å². The Kier molecular flexibility index (Phi) is 5.10. The number of hydrogen-bond acceptors (Lipinski definition) is 5. The lowest BCUT2D eigenvalue weighted by Gasteiger charge is -2.19. The van der Waals surface area contributed by atoms with Gasteiger partial charge in [-0.25, -0.2) is 12.8 Å². The number of rotatable bonds is 5. The third kappa shape index (κ3) is 3.55. The fourth-order valence-electron chi connectivity index (χ4n) is 3.06. The first kappa shape index (κ1) is 17.9. The molecule has 0 unspecified atom stereocenters. The van der Waals surface area contributed by atoms with Crippen LogP contribution in [0.4, 0.5) is 4.39 Å². The van der Waals surface area contributed by atoms with Crippen molar-refractivity contribution in [1.82, 2.24) is 0 Å². The van der Waals surface area contributed by atoms with Gasteiger partial charge in [0.2, 0.25) is 0 Å². The van der Waals surface area contributed by atoms with Crippen LogP contribution in [0.5, 0.6) is 0 Å². The Hall–Kier alpha value is -1.47. The second kappa shape index (κ2) is 6.57. The summed E-state index contributed by atoms with van der Waals surface area (Å²) in [6, 6.07) is 2.88. The lowest BCUT2D eigenvalue weighted by Crippen LogP contribution is -2.17. The molecule has 2 rings (SSSR count). The average molecular weight is 344 g/mol. The zero-order valence-electron chi connectivity index (χ0n) is 13.4. The van der Waals surface area contributed by atoms with Crippen molar-refractivity contribution in [3.63, 3.8) is 0 Å². The molecule has 1 aliphatic rings. The van der Waals surface area contributed by atoms with Gasteiger partial charge in [0.15, 0.2) is 15.9 Å². The van der Waals surface area contributed by atoms with Crippen molar-refractivity contribution in [1.29, 1.82) is 0 Å². The van der Waals surface area contributed by atoms with Gasteiger partial charge in [0.25, 0.3) is 0 Å². The van der Waals surface area contributed by atoms with Gasteiger partial charge in [-0.1, -0.05) is 19.4 Å². The predicted octanol–water partition coefficient (Wildman–Crippen LogP) is 2.42. The average Bonchev–Trinajstić information content (AvgIpc) is 2.73. The van der Waals surface area contributed by atoms with Gasteiger partial charge in [0.05, 0.1) is 11.0 Å². The van der Waals surface area contributed by atoms with Crippen molar-refractivity contribution in [3.05, 3.63) is 28.8 Å². The fourth-order valence-corrected chi connectivity index (χ4v) is 4.01. The van der Waals surface area contributed by atoms with Crippen molar-refractivity contribution in [2.45, 2.75) is 56.4 Å². The van der Waals surface area contributed by atoms with Crippen LogP contribution >= 0.6 is 0 Å². The van der Waals surface area contributed by atoms with E-state index in [2.05, 4.69) is 0 Å². The first-order valence-electron chi connectivity index (χ1n) is 7.51. The molecule has 1 aromatic rings. The number of hydrogen-bond donors (Lipinski definition) is 1. The quantitative estimate of drug-likeness (QED) is 0.830. The molecule has 0 amide bonds. The number of carbonyl (C=O) groups excluding carboxylic acids is 1. The molecule has 0 radical (unpaired) electrons. The Morgan fingerprint density at radius 1 is 1.48 bits per heavy atom. The van der Waals surface area contributed by atoms with E-state index in [1.54, 1.807) is 0 Å². The summed E-state index contributed by atoms with van der Waals surface area (Å²) in [5.41, 5.74) is 1.11. The summed E-state index contributed by atoms with van der Waals surface area (Å²) in [6.45, 7) is 3.06. The summed E-state index contributed by atoms with van der Waals surface area (Å²) < 4.78 is 43.4. The van der Waals surface area contributed by atoms with Gasteiger partial charge in [0.1, 0.15) is 6.17 Å². The van der Waals surface area contributed by atoms with E-state index in [1.807, 2.05) is 6.92 Å². The van der Waals surface area contributed by atoms with Gasteiger partial charge >= 0.3 is 5.97 Å². The summed E-state index contributed by atoms with van der Waals surface area (Å²) in [5, 5.41) is 10.3. The van der Waals surface area contributed by atoms with E-state index in [-0.39, 0.29) is 16.9 Å². The highest BCUT2D eigenvalue weighted by atomic mass is 32.2. The molecule has 0 saturated carbocycles. The van der Waals surface area contributed by atoms with Crippen LogP contribution in [0.25, 0.3) is 0 Å². The highest BCUT2D eigenvalue weighted by molar-refractivity contribution is 7.90. The molecule has 0 aliphatic heterocycles. The second-order valence-electron chi connectivity index (χ2n) is 5.87. The standard InChI is InChI=1S/C16H21FO5S/c1-4-5-13(19)10-6-7-14(23(3,20)21)15-11(10)8-12(17)16(15)22-9(2)18/h6-7,12-13,16,19H,4-5,8H2,1-3H3/t12-,13-,16-/m1/s1. The number of sulfone groups is 1. The van der Waals surface area contributed by atoms with Gasteiger partial charge in [-0.05, 0) is 23.6 Å². The molecule has 1 aliphatic carbocycles. The van der Waals surface area contributed by atoms with E-state index in [0.29, 0.717) is 17.5 Å². The largest absolute Gasteiger partial charge is 0.454 e. The zero-order valence-corrected chi connectivity index (χ0v) is 14.2. The fraction of sp³-hybridized carbons (Fsp3) is 0.562. The van der Waals surface area contributed by atoms with Gasteiger partial charge in [-0.15, -0.1) is 0 Å². The minimum Gasteiger partial charge on any atom is -0.454 e. The molecule has 0 bridgehead atoms. The molecule has 1 N–H and O–H groups in total. The number of halogens is 1. The number of fused-ring (bicyclic) bond motifs is 1. The number of aliphatic hydroxyl groups excluding tert-OH is 1. The summed E-state index contributed by atoms with van der Waals surface area (Å²) in [7, 11) is -3.61. The van der Waals surface area contributed by atoms with Crippen molar-refractivity contribution in [3.8, 4) is 0 Å². The SMILES string of the molecule is CCC[C@@H](O)c1ccc(S(C)(=O)=O)c2c1C[C@@H](F)[C@H]2OC(C)=O. The molecule has 1 aromatic carbocycles. The predicted molar refractivity (Wildman–Crippen MR) is 82.5 cm³/mol. The third-order valence-corrected chi connectivity index (χ3v) is 5.13. The minimum atomic E-state index is -3.61. The second-order valence-corrected chi connectivity index (χ2v) is 7.86. The van der Waals surface area contributed by atoms with Gasteiger partial charge in [0, 0.05) is 25.2 Å². The first-order chi connectivity index (χ1) is 10.7. The van der Waals surface area contributed by atoms with Crippen LogP contribution in [-0.2, 0) is 25.8 Å². The van der Waals surface area contributed by atoms with E-state index < -0.39 is 34.2 Å². The molecular formula is C16H21FO5S. The topological polar surface area (TPSA) is 80.7 Å². The summed E-state index contributed by atoms with van der Waals surface area (Å²) in [4.78, 5) is 11.2. The zero-order chi connectivity index (χ0) is 17.4. The third-order valence-electron chi connectivity index (χ3n) is 3.98. The van der Waals surface area contributed by atoms with E-state index in [9.17, 15) is 22.7 Å². The molecule has 0 spiro atoms. The molecule has 3 atom stereocenters. The van der Waals surface area contributed by atoms with E-state index in [0.717, 1.165) is 19.6 Å². The van der Waals surface area contributed by atoms with Crippen molar-refractivity contribution in [2.75, 3.05) is 6.26 Å². The molecule has 7 heteroatoms. The maximum absolute atomic E-state index is 14.4. The van der Waals surface area contributed by atoms with Crippen LogP contribution in [0.1, 0.15) is 55.6 Å². The smallest absolute Gasteiger partial charge is 0.303 e. The Balaban J connectivity index is 2.65. The minimum absolute atomic E-state index is 0.0497. The summed E-state index contributed by atoms with van der Waals surface area (Å²) in [6.07, 6.45) is -1.40. The molecule has 0 aromatic heterocycles. The van der Waals surface area contributed by atoms with E-state index in [1.165, 1.54) is 12.1 Å². The number of ether oxygens (including phenoxy) is 1. The lowest BCUT2D eigenvalue weighted by molar-refractivity contribution is -0.149. The lowest BCUT2D eigenvalue weighted by atomic mass is 9.96. The Bertz CT molecular complexity index is 713. The Labute approximate surface area is 135 Å². The van der Waals surface area contributed by atoms with Crippen LogP contribution in [0.2, 0.25) is 0 Å².